The third-order valence-corrected chi connectivity index (χ3v) is 5.99. The van der Waals surface area contributed by atoms with Crippen molar-refractivity contribution in [2.45, 2.75) is 19.9 Å². The zero-order valence-electron chi connectivity index (χ0n) is 19.4. The van der Waals surface area contributed by atoms with Crippen molar-refractivity contribution >= 4 is 34.4 Å². The third kappa shape index (κ3) is 4.62. The van der Waals surface area contributed by atoms with Gasteiger partial charge in [0.25, 0.3) is 5.91 Å². The lowest BCUT2D eigenvalue weighted by Gasteiger charge is -2.37. The van der Waals surface area contributed by atoms with E-state index in [4.69, 9.17) is 13.9 Å². The first-order chi connectivity index (χ1) is 16.4. The van der Waals surface area contributed by atoms with E-state index in [2.05, 4.69) is 10.3 Å². The lowest BCUT2D eigenvalue weighted by molar-refractivity contribution is -0.121. The fourth-order valence-electron chi connectivity index (χ4n) is 4.05. The molecule has 2 amide bonds. The van der Waals surface area contributed by atoms with E-state index in [1.165, 1.54) is 6.26 Å². The van der Waals surface area contributed by atoms with Gasteiger partial charge in [0.15, 0.2) is 5.76 Å². The monoisotopic (exact) mass is 468 g/mol. The molecule has 10 nitrogen and oxygen atoms in total. The minimum absolute atomic E-state index is 0.159. The van der Waals surface area contributed by atoms with Crippen LogP contribution in [0.5, 0.6) is 5.75 Å². The molecule has 1 aromatic carbocycles. The number of esters is 1. The molecule has 0 bridgehead atoms. The number of benzene rings is 1. The minimum Gasteiger partial charge on any atom is -0.497 e. The van der Waals surface area contributed by atoms with E-state index in [-0.39, 0.29) is 24.1 Å². The van der Waals surface area contributed by atoms with Crippen LogP contribution >= 0.6 is 0 Å². The summed E-state index contributed by atoms with van der Waals surface area (Å²) in [6.45, 7) is 5.77. The summed E-state index contributed by atoms with van der Waals surface area (Å²) >= 11 is 0. The number of carbonyl (C=O) groups excluding carboxylic acids is 3. The van der Waals surface area contributed by atoms with Gasteiger partial charge in [-0.15, -0.1) is 0 Å². The van der Waals surface area contributed by atoms with Crippen LogP contribution in [-0.4, -0.2) is 78.5 Å². The molecule has 2 N–H and O–H groups in total. The van der Waals surface area contributed by atoms with Gasteiger partial charge in [0, 0.05) is 37.1 Å². The van der Waals surface area contributed by atoms with E-state index >= 15 is 0 Å². The van der Waals surface area contributed by atoms with Crippen molar-refractivity contribution in [1.29, 1.82) is 0 Å². The molecule has 0 saturated carbocycles. The Kier molecular flexibility index (Phi) is 6.87. The minimum atomic E-state index is -0.550. The van der Waals surface area contributed by atoms with E-state index in [0.29, 0.717) is 54.3 Å². The van der Waals surface area contributed by atoms with Crippen LogP contribution in [0.25, 0.3) is 10.9 Å². The second-order valence-electron chi connectivity index (χ2n) is 7.98. The third-order valence-electron chi connectivity index (χ3n) is 5.99. The summed E-state index contributed by atoms with van der Waals surface area (Å²) in [5.74, 6) is -0.0670. The number of nitrogens with one attached hydrogen (secondary N) is 2. The number of furan rings is 1. The van der Waals surface area contributed by atoms with E-state index < -0.39 is 12.0 Å². The smallest absolute Gasteiger partial charge is 0.356 e. The Hall–Kier alpha value is -3.79. The predicted octanol–water partition coefficient (Wildman–Crippen LogP) is 2.73. The van der Waals surface area contributed by atoms with Gasteiger partial charge in [-0.05, 0) is 44.2 Å². The molecule has 2 aromatic heterocycles. The molecule has 34 heavy (non-hydrogen) atoms. The van der Waals surface area contributed by atoms with E-state index in [0.717, 1.165) is 0 Å². The Morgan fingerprint density at radius 1 is 1.18 bits per heavy atom. The number of aromatic amines is 1. The van der Waals surface area contributed by atoms with Gasteiger partial charge in [-0.3, -0.25) is 14.5 Å². The summed E-state index contributed by atoms with van der Waals surface area (Å²) in [7, 11) is 1.55. The number of carbonyl (C=O) groups is 3. The Morgan fingerprint density at radius 3 is 2.59 bits per heavy atom. The van der Waals surface area contributed by atoms with E-state index in [1.807, 2.05) is 4.90 Å². The maximum absolute atomic E-state index is 13.2. The van der Waals surface area contributed by atoms with Crippen molar-refractivity contribution in [2.24, 2.45) is 0 Å². The van der Waals surface area contributed by atoms with Crippen molar-refractivity contribution in [3.8, 4) is 5.75 Å². The average molecular weight is 469 g/mol. The SMILES string of the molecule is CCOC(=O)c1[nH]c2ccc(OC)cc2c1NC(=O)C(C)N1CCN(C(=O)c2ccco2)CC1. The number of aromatic nitrogens is 1. The normalized spacial score (nSPS) is 15.2. The summed E-state index contributed by atoms with van der Waals surface area (Å²) in [6, 6.07) is 8.15. The summed E-state index contributed by atoms with van der Waals surface area (Å²) < 4.78 is 15.7. The van der Waals surface area contributed by atoms with Gasteiger partial charge in [0.2, 0.25) is 5.91 Å². The highest BCUT2D eigenvalue weighted by Gasteiger charge is 2.30. The topological polar surface area (TPSA) is 117 Å². The molecule has 0 spiro atoms. The molecule has 0 aliphatic carbocycles. The lowest BCUT2D eigenvalue weighted by atomic mass is 10.1. The maximum Gasteiger partial charge on any atom is 0.356 e. The number of nitrogens with zero attached hydrogens (tertiary/aromatic N) is 2. The van der Waals surface area contributed by atoms with Crippen molar-refractivity contribution in [3.63, 3.8) is 0 Å². The maximum atomic E-state index is 13.2. The first-order valence-electron chi connectivity index (χ1n) is 11.2. The molecular weight excluding hydrogens is 440 g/mol. The number of rotatable bonds is 7. The highest BCUT2D eigenvalue weighted by atomic mass is 16.5. The van der Waals surface area contributed by atoms with Crippen LogP contribution in [0.3, 0.4) is 0 Å². The molecule has 180 valence electrons. The van der Waals surface area contributed by atoms with E-state index in [1.54, 1.807) is 56.2 Å². The molecule has 1 fully saturated rings. The first kappa shape index (κ1) is 23.4. The van der Waals surface area contributed by atoms with Crippen LogP contribution in [0, 0.1) is 0 Å². The summed E-state index contributed by atoms with van der Waals surface area (Å²) in [5.41, 5.74) is 1.22. The molecule has 3 heterocycles. The fourth-order valence-corrected chi connectivity index (χ4v) is 4.05. The molecule has 1 aliphatic rings. The van der Waals surface area contributed by atoms with Gasteiger partial charge in [0.05, 0.1) is 31.7 Å². The van der Waals surface area contributed by atoms with Gasteiger partial charge < -0.3 is 29.1 Å². The quantitative estimate of drug-likeness (QED) is 0.512. The van der Waals surface area contributed by atoms with Gasteiger partial charge in [-0.25, -0.2) is 4.79 Å². The molecule has 1 aliphatic heterocycles. The molecule has 3 aromatic rings. The molecular formula is C24H28N4O6. The molecule has 0 radical (unpaired) electrons. The number of ether oxygens (including phenoxy) is 2. The molecule has 10 heteroatoms. The fraction of sp³-hybridized carbons (Fsp3) is 0.375. The van der Waals surface area contributed by atoms with Crippen LogP contribution in [-0.2, 0) is 9.53 Å². The van der Waals surface area contributed by atoms with E-state index in [9.17, 15) is 14.4 Å². The summed E-state index contributed by atoms with van der Waals surface area (Å²) in [6.07, 6.45) is 1.47. The van der Waals surface area contributed by atoms with Crippen molar-refractivity contribution in [1.82, 2.24) is 14.8 Å². The van der Waals surface area contributed by atoms with Crippen LogP contribution in [0.15, 0.2) is 41.0 Å². The average Bonchev–Trinajstić information content (AvgIpc) is 3.52. The second kappa shape index (κ2) is 10.0. The Morgan fingerprint density at radius 2 is 1.94 bits per heavy atom. The molecule has 1 saturated heterocycles. The Balaban J connectivity index is 1.48. The van der Waals surface area contributed by atoms with Crippen LogP contribution in [0.2, 0.25) is 0 Å². The largest absolute Gasteiger partial charge is 0.497 e. The van der Waals surface area contributed by atoms with Crippen molar-refractivity contribution < 1.29 is 28.3 Å². The van der Waals surface area contributed by atoms with Crippen molar-refractivity contribution in [3.05, 3.63) is 48.0 Å². The van der Waals surface area contributed by atoms with Gasteiger partial charge in [-0.1, -0.05) is 0 Å². The number of amides is 2. The van der Waals surface area contributed by atoms with Crippen LogP contribution in [0.1, 0.15) is 34.9 Å². The highest BCUT2D eigenvalue weighted by molar-refractivity contribution is 6.12. The van der Waals surface area contributed by atoms with Crippen LogP contribution in [0.4, 0.5) is 5.69 Å². The second-order valence-corrected chi connectivity index (χ2v) is 7.98. The van der Waals surface area contributed by atoms with Crippen LogP contribution < -0.4 is 10.1 Å². The number of anilines is 1. The molecule has 1 unspecified atom stereocenters. The number of methoxy groups -OCH3 is 1. The molecule has 1 atom stereocenters. The summed E-state index contributed by atoms with van der Waals surface area (Å²) in [5, 5.41) is 3.56. The standard InChI is InChI=1S/C24H28N4O6/c1-4-33-24(31)21-20(17-14-16(32-3)7-8-18(17)25-21)26-22(29)15(2)27-9-11-28(12-10-27)23(30)19-6-5-13-34-19/h5-8,13-15,25H,4,9-12H2,1-3H3,(H,26,29). The number of hydrogen-bond donors (Lipinski definition) is 2. The Labute approximate surface area is 196 Å². The highest BCUT2D eigenvalue weighted by Crippen LogP contribution is 2.32. The predicted molar refractivity (Wildman–Crippen MR) is 125 cm³/mol. The zero-order chi connectivity index (χ0) is 24.2. The zero-order valence-corrected chi connectivity index (χ0v) is 19.4. The van der Waals surface area contributed by atoms with Gasteiger partial charge in [0.1, 0.15) is 11.4 Å². The Bertz CT molecular complexity index is 1180. The number of H-pyrrole nitrogens is 1. The number of piperazine rings is 1. The van der Waals surface area contributed by atoms with Gasteiger partial charge >= 0.3 is 5.97 Å². The number of hydrogen-bond acceptors (Lipinski definition) is 7. The van der Waals surface area contributed by atoms with Gasteiger partial charge in [-0.2, -0.15) is 0 Å². The lowest BCUT2D eigenvalue weighted by Crippen LogP contribution is -2.54. The summed E-state index contributed by atoms with van der Waals surface area (Å²) in [4.78, 5) is 45.0. The van der Waals surface area contributed by atoms with Crippen molar-refractivity contribution in [2.75, 3.05) is 45.2 Å². The first-order valence-corrected chi connectivity index (χ1v) is 11.2. The number of fused-ring (bicyclic) bond motifs is 1. The molecule has 4 rings (SSSR count).